The van der Waals surface area contributed by atoms with Gasteiger partial charge < -0.3 is 9.47 Å². The van der Waals surface area contributed by atoms with E-state index in [1.54, 1.807) is 19.3 Å². The Labute approximate surface area is 85.1 Å². The number of rotatable bonds is 4. The van der Waals surface area contributed by atoms with Crippen LogP contribution in [-0.4, -0.2) is 24.8 Å². The standard InChI is InChI=1S/C11H18O3/c1-4-5-6-10-9(12)7-8-11(2,13-3)14-10/h7-8,10H,4-6H2,1-3H3. The Morgan fingerprint density at radius 2 is 2.36 bits per heavy atom. The van der Waals surface area contributed by atoms with Crippen molar-refractivity contribution in [2.45, 2.75) is 45.0 Å². The van der Waals surface area contributed by atoms with Gasteiger partial charge in [0.05, 0.1) is 0 Å². The number of hydrogen-bond donors (Lipinski definition) is 0. The topological polar surface area (TPSA) is 35.5 Å². The molecule has 2 unspecified atom stereocenters. The van der Waals surface area contributed by atoms with E-state index in [0.29, 0.717) is 0 Å². The first-order valence-corrected chi connectivity index (χ1v) is 5.07. The highest BCUT2D eigenvalue weighted by Crippen LogP contribution is 2.23. The van der Waals surface area contributed by atoms with Gasteiger partial charge in [0, 0.05) is 7.11 Å². The summed E-state index contributed by atoms with van der Waals surface area (Å²) in [7, 11) is 1.58. The summed E-state index contributed by atoms with van der Waals surface area (Å²) in [6, 6.07) is 0. The second kappa shape index (κ2) is 4.71. The maximum Gasteiger partial charge on any atom is 0.185 e. The first-order chi connectivity index (χ1) is 6.61. The van der Waals surface area contributed by atoms with E-state index in [1.807, 2.05) is 6.92 Å². The van der Waals surface area contributed by atoms with Crippen molar-refractivity contribution in [3.05, 3.63) is 12.2 Å². The number of carbonyl (C=O) groups excluding carboxylic acids is 1. The van der Waals surface area contributed by atoms with Crippen LogP contribution in [0.1, 0.15) is 33.1 Å². The summed E-state index contributed by atoms with van der Waals surface area (Å²) in [5.74, 6) is -0.681. The predicted octanol–water partition coefficient (Wildman–Crippen LogP) is 2.06. The minimum absolute atomic E-state index is 0.0491. The largest absolute Gasteiger partial charge is 0.350 e. The van der Waals surface area contributed by atoms with Gasteiger partial charge in [-0.05, 0) is 25.5 Å². The van der Waals surface area contributed by atoms with Crippen molar-refractivity contribution in [1.82, 2.24) is 0 Å². The molecule has 0 fully saturated rings. The number of ether oxygens (including phenoxy) is 2. The van der Waals surface area contributed by atoms with Crippen LogP contribution in [0.25, 0.3) is 0 Å². The molecule has 0 aromatic heterocycles. The molecule has 1 heterocycles. The molecule has 0 spiro atoms. The minimum atomic E-state index is -0.730. The molecular weight excluding hydrogens is 180 g/mol. The maximum absolute atomic E-state index is 11.4. The van der Waals surface area contributed by atoms with Gasteiger partial charge >= 0.3 is 0 Å². The predicted molar refractivity (Wildman–Crippen MR) is 54.0 cm³/mol. The quantitative estimate of drug-likeness (QED) is 0.693. The third-order valence-electron chi connectivity index (χ3n) is 2.47. The molecule has 0 N–H and O–H groups in total. The van der Waals surface area contributed by atoms with Crippen molar-refractivity contribution in [2.24, 2.45) is 0 Å². The lowest BCUT2D eigenvalue weighted by atomic mass is 10.0. The van der Waals surface area contributed by atoms with Gasteiger partial charge in [-0.3, -0.25) is 4.79 Å². The molecule has 0 aliphatic carbocycles. The smallest absolute Gasteiger partial charge is 0.185 e. The number of ketones is 1. The molecule has 14 heavy (non-hydrogen) atoms. The number of carbonyl (C=O) groups is 1. The average molecular weight is 198 g/mol. The Balaban J connectivity index is 2.61. The molecular formula is C11H18O3. The molecule has 1 rings (SSSR count). The van der Waals surface area contributed by atoms with E-state index in [4.69, 9.17) is 9.47 Å². The molecule has 0 saturated heterocycles. The van der Waals surface area contributed by atoms with Crippen LogP contribution in [0.4, 0.5) is 0 Å². The molecule has 0 saturated carbocycles. The summed E-state index contributed by atoms with van der Waals surface area (Å²) in [5, 5.41) is 0. The van der Waals surface area contributed by atoms with Crippen LogP contribution < -0.4 is 0 Å². The van der Waals surface area contributed by atoms with Crippen molar-refractivity contribution in [3.63, 3.8) is 0 Å². The van der Waals surface area contributed by atoms with Gasteiger partial charge in [0.25, 0.3) is 0 Å². The molecule has 1 aliphatic heterocycles. The maximum atomic E-state index is 11.4. The van der Waals surface area contributed by atoms with Crippen molar-refractivity contribution in [2.75, 3.05) is 7.11 Å². The Kier molecular flexibility index (Phi) is 3.84. The fourth-order valence-electron chi connectivity index (χ4n) is 1.43. The summed E-state index contributed by atoms with van der Waals surface area (Å²) in [6.07, 6.45) is 5.75. The van der Waals surface area contributed by atoms with E-state index in [0.717, 1.165) is 19.3 Å². The summed E-state index contributed by atoms with van der Waals surface area (Å²) in [5.41, 5.74) is 0. The third kappa shape index (κ3) is 2.66. The Hall–Kier alpha value is -0.670. The lowest BCUT2D eigenvalue weighted by molar-refractivity contribution is -0.208. The zero-order chi connectivity index (χ0) is 10.6. The Bertz CT molecular complexity index is 235. The summed E-state index contributed by atoms with van der Waals surface area (Å²) in [4.78, 5) is 11.4. The highest BCUT2D eigenvalue weighted by molar-refractivity contribution is 5.94. The highest BCUT2D eigenvalue weighted by atomic mass is 16.7. The molecule has 1 aliphatic rings. The van der Waals surface area contributed by atoms with Gasteiger partial charge in [-0.2, -0.15) is 0 Å². The van der Waals surface area contributed by atoms with Gasteiger partial charge in [-0.25, -0.2) is 0 Å². The lowest BCUT2D eigenvalue weighted by Gasteiger charge is -2.32. The molecule has 0 bridgehead atoms. The average Bonchev–Trinajstić information content (AvgIpc) is 2.20. The van der Waals surface area contributed by atoms with E-state index >= 15 is 0 Å². The first kappa shape index (κ1) is 11.4. The normalized spacial score (nSPS) is 32.2. The van der Waals surface area contributed by atoms with E-state index < -0.39 is 5.79 Å². The molecule has 3 heteroatoms. The summed E-state index contributed by atoms with van der Waals surface area (Å²) in [6.45, 7) is 3.91. The van der Waals surface area contributed by atoms with Crippen LogP contribution in [0.15, 0.2) is 12.2 Å². The first-order valence-electron chi connectivity index (χ1n) is 5.07. The van der Waals surface area contributed by atoms with Crippen LogP contribution in [0, 0.1) is 0 Å². The number of hydrogen-bond acceptors (Lipinski definition) is 3. The second-order valence-electron chi connectivity index (χ2n) is 3.70. The van der Waals surface area contributed by atoms with Crippen molar-refractivity contribution in [1.29, 1.82) is 0 Å². The van der Waals surface area contributed by atoms with E-state index in [9.17, 15) is 4.79 Å². The van der Waals surface area contributed by atoms with Crippen LogP contribution in [-0.2, 0) is 14.3 Å². The molecule has 0 aromatic rings. The van der Waals surface area contributed by atoms with Gasteiger partial charge in [-0.15, -0.1) is 0 Å². The van der Waals surface area contributed by atoms with Crippen molar-refractivity contribution < 1.29 is 14.3 Å². The fraction of sp³-hybridized carbons (Fsp3) is 0.727. The fourth-order valence-corrected chi connectivity index (χ4v) is 1.43. The Morgan fingerprint density at radius 3 is 2.93 bits per heavy atom. The van der Waals surface area contributed by atoms with E-state index in [2.05, 4.69) is 6.92 Å². The van der Waals surface area contributed by atoms with Gasteiger partial charge in [0.15, 0.2) is 11.6 Å². The lowest BCUT2D eigenvalue weighted by Crippen LogP contribution is -2.40. The van der Waals surface area contributed by atoms with Gasteiger partial charge in [-0.1, -0.05) is 19.8 Å². The second-order valence-corrected chi connectivity index (χ2v) is 3.70. The van der Waals surface area contributed by atoms with Crippen LogP contribution in [0.5, 0.6) is 0 Å². The monoisotopic (exact) mass is 198 g/mol. The van der Waals surface area contributed by atoms with Gasteiger partial charge in [0.2, 0.25) is 0 Å². The summed E-state index contributed by atoms with van der Waals surface area (Å²) >= 11 is 0. The summed E-state index contributed by atoms with van der Waals surface area (Å²) < 4.78 is 10.8. The number of unbranched alkanes of at least 4 members (excludes halogenated alkanes) is 1. The SMILES string of the molecule is CCCCC1OC(C)(OC)C=CC1=O. The van der Waals surface area contributed by atoms with Gasteiger partial charge in [0.1, 0.15) is 6.10 Å². The highest BCUT2D eigenvalue weighted by Gasteiger charge is 2.32. The van der Waals surface area contributed by atoms with Crippen LogP contribution in [0.2, 0.25) is 0 Å². The van der Waals surface area contributed by atoms with Crippen molar-refractivity contribution in [3.8, 4) is 0 Å². The van der Waals surface area contributed by atoms with E-state index in [-0.39, 0.29) is 11.9 Å². The van der Waals surface area contributed by atoms with Crippen molar-refractivity contribution >= 4 is 5.78 Å². The number of methoxy groups -OCH3 is 1. The third-order valence-corrected chi connectivity index (χ3v) is 2.47. The molecule has 0 amide bonds. The zero-order valence-corrected chi connectivity index (χ0v) is 9.08. The van der Waals surface area contributed by atoms with E-state index in [1.165, 1.54) is 0 Å². The molecule has 0 radical (unpaired) electrons. The minimum Gasteiger partial charge on any atom is -0.350 e. The molecule has 0 aromatic carbocycles. The molecule has 3 nitrogen and oxygen atoms in total. The Morgan fingerprint density at radius 1 is 1.64 bits per heavy atom. The van der Waals surface area contributed by atoms with Crippen LogP contribution >= 0.6 is 0 Å². The molecule has 80 valence electrons. The van der Waals surface area contributed by atoms with Crippen LogP contribution in [0.3, 0.4) is 0 Å². The zero-order valence-electron chi connectivity index (χ0n) is 9.08. The molecule has 2 atom stereocenters.